The number of rotatable bonds is 7. The second-order valence-electron chi connectivity index (χ2n) is 4.00. The number of fused-ring (bicyclic) bond motifs is 1. The Labute approximate surface area is 116 Å². The van der Waals surface area contributed by atoms with E-state index in [-0.39, 0.29) is 5.91 Å². The summed E-state index contributed by atoms with van der Waals surface area (Å²) in [5, 5.41) is 6.97. The van der Waals surface area contributed by atoms with Crippen LogP contribution in [0.25, 0.3) is 5.52 Å². The predicted octanol–water partition coefficient (Wildman–Crippen LogP) is 1.71. The fourth-order valence-corrected chi connectivity index (χ4v) is 1.85. The van der Waals surface area contributed by atoms with Gasteiger partial charge in [-0.1, -0.05) is 6.07 Å². The van der Waals surface area contributed by atoms with Crippen molar-refractivity contribution in [3.8, 4) is 0 Å². The molecule has 5 nitrogen and oxygen atoms in total. The van der Waals surface area contributed by atoms with Gasteiger partial charge in [-0.25, -0.2) is 4.52 Å². The van der Waals surface area contributed by atoms with Crippen LogP contribution in [0.5, 0.6) is 0 Å². The molecule has 0 spiro atoms. The van der Waals surface area contributed by atoms with E-state index in [4.69, 9.17) is 16.3 Å². The largest absolute Gasteiger partial charge is 0.380 e. The third-order valence-electron chi connectivity index (χ3n) is 2.64. The van der Waals surface area contributed by atoms with Crippen molar-refractivity contribution < 1.29 is 9.53 Å². The zero-order valence-corrected chi connectivity index (χ0v) is 11.3. The van der Waals surface area contributed by atoms with Crippen LogP contribution in [0.2, 0.25) is 0 Å². The summed E-state index contributed by atoms with van der Waals surface area (Å²) < 4.78 is 6.90. The Morgan fingerprint density at radius 2 is 2.32 bits per heavy atom. The second-order valence-corrected chi connectivity index (χ2v) is 4.38. The van der Waals surface area contributed by atoms with Crippen molar-refractivity contribution in [3.63, 3.8) is 0 Å². The average molecular weight is 282 g/mol. The molecule has 19 heavy (non-hydrogen) atoms. The van der Waals surface area contributed by atoms with Crippen LogP contribution in [0.4, 0.5) is 0 Å². The molecule has 0 atom stereocenters. The Morgan fingerprint density at radius 3 is 3.16 bits per heavy atom. The van der Waals surface area contributed by atoms with Crippen molar-refractivity contribution in [3.05, 3.63) is 36.2 Å². The van der Waals surface area contributed by atoms with Gasteiger partial charge in [-0.05, 0) is 18.6 Å². The predicted molar refractivity (Wildman–Crippen MR) is 73.7 cm³/mol. The summed E-state index contributed by atoms with van der Waals surface area (Å²) in [6.45, 7) is 1.72. The fraction of sp³-hybridized carbons (Fsp3) is 0.385. The molecule has 0 unspecified atom stereocenters. The third-order valence-corrected chi connectivity index (χ3v) is 2.80. The van der Waals surface area contributed by atoms with Gasteiger partial charge in [-0.15, -0.1) is 11.6 Å². The molecule has 2 aromatic rings. The molecule has 0 aliphatic heterocycles. The van der Waals surface area contributed by atoms with Crippen LogP contribution >= 0.6 is 11.6 Å². The van der Waals surface area contributed by atoms with Crippen LogP contribution in [0.3, 0.4) is 0 Å². The summed E-state index contributed by atoms with van der Waals surface area (Å²) in [5.74, 6) is 0.382. The molecule has 0 aromatic carbocycles. The van der Waals surface area contributed by atoms with Crippen LogP contribution in [0.15, 0.2) is 30.6 Å². The number of carbonyl (C=O) groups is 1. The van der Waals surface area contributed by atoms with Gasteiger partial charge in [0.2, 0.25) is 0 Å². The lowest BCUT2D eigenvalue weighted by Gasteiger charge is -2.04. The van der Waals surface area contributed by atoms with Gasteiger partial charge in [0, 0.05) is 25.2 Å². The molecule has 102 valence electrons. The topological polar surface area (TPSA) is 55.6 Å². The van der Waals surface area contributed by atoms with E-state index in [2.05, 4.69) is 10.4 Å². The van der Waals surface area contributed by atoms with Crippen molar-refractivity contribution in [2.45, 2.75) is 6.42 Å². The molecule has 1 amide bonds. The van der Waals surface area contributed by atoms with Crippen LogP contribution < -0.4 is 5.32 Å². The van der Waals surface area contributed by atoms with E-state index >= 15 is 0 Å². The van der Waals surface area contributed by atoms with Gasteiger partial charge in [-0.3, -0.25) is 4.79 Å². The van der Waals surface area contributed by atoms with Crippen LogP contribution in [-0.2, 0) is 4.74 Å². The Morgan fingerprint density at radius 1 is 1.42 bits per heavy atom. The zero-order chi connectivity index (χ0) is 13.5. The van der Waals surface area contributed by atoms with Gasteiger partial charge in [0.1, 0.15) is 0 Å². The molecule has 0 aliphatic rings. The molecule has 2 aromatic heterocycles. The number of carbonyl (C=O) groups excluding carboxylic acids is 1. The molecule has 0 saturated heterocycles. The number of pyridine rings is 1. The maximum Gasteiger partial charge on any atom is 0.255 e. The zero-order valence-electron chi connectivity index (χ0n) is 10.5. The van der Waals surface area contributed by atoms with E-state index in [9.17, 15) is 4.79 Å². The minimum absolute atomic E-state index is 0.112. The number of ether oxygens (including phenoxy) is 1. The molecule has 2 rings (SSSR count). The lowest BCUT2D eigenvalue weighted by atomic mass is 10.2. The van der Waals surface area contributed by atoms with Gasteiger partial charge in [-0.2, -0.15) is 5.10 Å². The van der Waals surface area contributed by atoms with Crippen molar-refractivity contribution in [2.75, 3.05) is 25.6 Å². The summed E-state index contributed by atoms with van der Waals surface area (Å²) in [7, 11) is 0. The lowest BCUT2D eigenvalue weighted by molar-refractivity contribution is 0.0946. The average Bonchev–Trinajstić information content (AvgIpc) is 2.86. The van der Waals surface area contributed by atoms with E-state index in [1.54, 1.807) is 10.7 Å². The SMILES string of the molecule is O=C(NCCCOCCCl)c1cnn2ccccc12. The van der Waals surface area contributed by atoms with Crippen molar-refractivity contribution in [1.29, 1.82) is 0 Å². The first-order valence-corrected chi connectivity index (χ1v) is 6.70. The molecule has 1 N–H and O–H groups in total. The first kappa shape index (κ1) is 13.8. The number of alkyl halides is 1. The van der Waals surface area contributed by atoms with Crippen molar-refractivity contribution >= 4 is 23.0 Å². The van der Waals surface area contributed by atoms with Crippen LogP contribution in [0, 0.1) is 0 Å². The van der Waals surface area contributed by atoms with E-state index in [0.29, 0.717) is 31.2 Å². The first-order valence-electron chi connectivity index (χ1n) is 6.17. The quantitative estimate of drug-likeness (QED) is 0.621. The Kier molecular flexibility index (Phi) is 5.18. The molecule has 0 saturated carbocycles. The Bertz CT molecular complexity index is 541. The normalized spacial score (nSPS) is 10.8. The number of hydrogen-bond acceptors (Lipinski definition) is 3. The number of nitrogens with zero attached hydrogens (tertiary/aromatic N) is 2. The van der Waals surface area contributed by atoms with E-state index < -0.39 is 0 Å². The molecule has 0 bridgehead atoms. The molecule has 0 aliphatic carbocycles. The summed E-state index contributed by atoms with van der Waals surface area (Å²) in [6, 6.07) is 5.62. The molecule has 6 heteroatoms. The van der Waals surface area contributed by atoms with Gasteiger partial charge in [0.05, 0.1) is 23.9 Å². The number of hydrogen-bond donors (Lipinski definition) is 1. The lowest BCUT2D eigenvalue weighted by Crippen LogP contribution is -2.25. The maximum atomic E-state index is 12.0. The molecule has 2 heterocycles. The van der Waals surface area contributed by atoms with Crippen LogP contribution in [-0.4, -0.2) is 41.2 Å². The Balaban J connectivity index is 1.83. The van der Waals surface area contributed by atoms with E-state index in [1.807, 2.05) is 24.4 Å². The first-order chi connectivity index (χ1) is 9.33. The summed E-state index contributed by atoms with van der Waals surface area (Å²) >= 11 is 5.48. The smallest absolute Gasteiger partial charge is 0.255 e. The molecule has 0 fully saturated rings. The monoisotopic (exact) mass is 281 g/mol. The number of amides is 1. The molecular weight excluding hydrogens is 266 g/mol. The molecular formula is C13H16ClN3O2. The highest BCUT2D eigenvalue weighted by atomic mass is 35.5. The summed E-state index contributed by atoms with van der Waals surface area (Å²) in [5.41, 5.74) is 1.39. The number of nitrogens with one attached hydrogen (secondary N) is 1. The standard InChI is InChI=1S/C13H16ClN3O2/c14-5-9-19-8-3-6-15-13(18)11-10-16-17-7-2-1-4-12(11)17/h1-2,4,7,10H,3,5-6,8-9H2,(H,15,18). The minimum Gasteiger partial charge on any atom is -0.380 e. The number of halogens is 1. The van der Waals surface area contributed by atoms with Crippen LogP contribution in [0.1, 0.15) is 16.8 Å². The van der Waals surface area contributed by atoms with Crippen molar-refractivity contribution in [2.24, 2.45) is 0 Å². The van der Waals surface area contributed by atoms with Gasteiger partial charge < -0.3 is 10.1 Å². The highest BCUT2D eigenvalue weighted by Crippen LogP contribution is 2.09. The fourth-order valence-electron chi connectivity index (χ4n) is 1.74. The molecule has 0 radical (unpaired) electrons. The highest BCUT2D eigenvalue weighted by molar-refractivity contribution is 6.17. The van der Waals surface area contributed by atoms with Gasteiger partial charge >= 0.3 is 0 Å². The highest BCUT2D eigenvalue weighted by Gasteiger charge is 2.11. The minimum atomic E-state index is -0.112. The summed E-state index contributed by atoms with van der Waals surface area (Å²) in [4.78, 5) is 12.0. The third kappa shape index (κ3) is 3.68. The van der Waals surface area contributed by atoms with E-state index in [0.717, 1.165) is 11.9 Å². The van der Waals surface area contributed by atoms with Gasteiger partial charge in [0.15, 0.2) is 0 Å². The Hall–Kier alpha value is -1.59. The van der Waals surface area contributed by atoms with Crippen molar-refractivity contribution in [1.82, 2.24) is 14.9 Å². The number of aromatic nitrogens is 2. The summed E-state index contributed by atoms with van der Waals surface area (Å²) in [6.07, 6.45) is 4.16. The van der Waals surface area contributed by atoms with E-state index in [1.165, 1.54) is 0 Å². The van der Waals surface area contributed by atoms with Gasteiger partial charge in [0.25, 0.3) is 5.91 Å². The second kappa shape index (κ2) is 7.11. The maximum absolute atomic E-state index is 12.0.